The Morgan fingerprint density at radius 3 is 2.00 bits per heavy atom. The van der Waals surface area contributed by atoms with Gasteiger partial charge in [-0.05, 0) is 0 Å². The second-order valence-electron chi connectivity index (χ2n) is 1.80. The Labute approximate surface area is 63.9 Å². The third-order valence-electron chi connectivity index (χ3n) is 1.17. The number of ether oxygens (including phenoxy) is 1. The van der Waals surface area contributed by atoms with E-state index in [-0.39, 0.29) is 0 Å². The van der Waals surface area contributed by atoms with Crippen molar-refractivity contribution in [2.24, 2.45) is 0 Å². The van der Waals surface area contributed by atoms with Crippen LogP contribution in [0.2, 0.25) is 0 Å². The fourth-order valence-electron chi connectivity index (χ4n) is 0.383. The highest BCUT2D eigenvalue weighted by atomic mass is 16.5. The molecule has 0 aliphatic carbocycles. The van der Waals surface area contributed by atoms with Crippen LogP contribution in [0.5, 0.6) is 0 Å². The third kappa shape index (κ3) is 2.32. The molecule has 64 valence electrons. The van der Waals surface area contributed by atoms with Gasteiger partial charge < -0.3 is 9.84 Å². The molecule has 0 fully saturated rings. The van der Waals surface area contributed by atoms with Crippen molar-refractivity contribution in [2.75, 3.05) is 21.2 Å². The van der Waals surface area contributed by atoms with Crippen LogP contribution in [0.3, 0.4) is 0 Å². The maximum Gasteiger partial charge on any atom is 0.428 e. The predicted molar refractivity (Wildman–Crippen MR) is 36.0 cm³/mol. The molecule has 0 rings (SSSR count). The van der Waals surface area contributed by atoms with Crippen molar-refractivity contribution in [3.63, 3.8) is 0 Å². The van der Waals surface area contributed by atoms with Crippen LogP contribution in [0.15, 0.2) is 0 Å². The number of amides is 2. The number of methoxy groups -OCH3 is 1. The fraction of sp³-hybridized carbons (Fsp3) is 0.600. The van der Waals surface area contributed by atoms with Crippen molar-refractivity contribution >= 4 is 12.2 Å². The van der Waals surface area contributed by atoms with Crippen molar-refractivity contribution in [3.05, 3.63) is 0 Å². The number of rotatable bonds is 0. The average Bonchev–Trinajstić information content (AvgIpc) is 2.00. The van der Waals surface area contributed by atoms with E-state index in [0.29, 0.717) is 5.01 Å². The van der Waals surface area contributed by atoms with Gasteiger partial charge in [-0.15, -0.1) is 0 Å². The van der Waals surface area contributed by atoms with E-state index < -0.39 is 12.2 Å². The highest BCUT2D eigenvalue weighted by molar-refractivity contribution is 5.72. The molecule has 1 N–H and O–H groups in total. The van der Waals surface area contributed by atoms with Crippen molar-refractivity contribution in [3.8, 4) is 0 Å². The molecule has 0 aromatic rings. The summed E-state index contributed by atoms with van der Waals surface area (Å²) in [5.74, 6) is 0. The summed E-state index contributed by atoms with van der Waals surface area (Å²) in [5, 5.41) is 9.92. The summed E-state index contributed by atoms with van der Waals surface area (Å²) in [6.07, 6.45) is -1.95. The summed E-state index contributed by atoms with van der Waals surface area (Å²) < 4.78 is 4.27. The molecule has 2 amide bonds. The van der Waals surface area contributed by atoms with E-state index >= 15 is 0 Å². The summed E-state index contributed by atoms with van der Waals surface area (Å²) in [5.41, 5.74) is 0. The van der Waals surface area contributed by atoms with Crippen LogP contribution in [0, 0.1) is 0 Å². The van der Waals surface area contributed by atoms with Gasteiger partial charge in [0.1, 0.15) is 0 Å². The average molecular weight is 162 g/mol. The van der Waals surface area contributed by atoms with Crippen molar-refractivity contribution in [1.82, 2.24) is 10.0 Å². The van der Waals surface area contributed by atoms with Crippen LogP contribution >= 0.6 is 0 Å². The van der Waals surface area contributed by atoms with Gasteiger partial charge in [-0.1, -0.05) is 0 Å². The highest BCUT2D eigenvalue weighted by Crippen LogP contribution is 1.93. The number of hydrazine groups is 1. The highest BCUT2D eigenvalue weighted by Gasteiger charge is 2.17. The first kappa shape index (κ1) is 9.54. The normalized spacial score (nSPS) is 8.64. The Bertz CT molecular complexity index is 170. The molecule has 0 saturated carbocycles. The SMILES string of the molecule is COC(=O)N(C)N(C)C(=O)O. The summed E-state index contributed by atoms with van der Waals surface area (Å²) >= 11 is 0. The number of hydrogen-bond acceptors (Lipinski definition) is 3. The van der Waals surface area contributed by atoms with E-state index in [2.05, 4.69) is 4.74 Å². The van der Waals surface area contributed by atoms with Crippen LogP contribution in [0.25, 0.3) is 0 Å². The van der Waals surface area contributed by atoms with E-state index in [9.17, 15) is 9.59 Å². The molecule has 0 saturated heterocycles. The number of carboxylic acid groups (broad SMARTS) is 1. The molecule has 0 aliphatic rings. The summed E-state index contributed by atoms with van der Waals surface area (Å²) in [7, 11) is 3.70. The Balaban J connectivity index is 4.12. The minimum absolute atomic E-state index is 0.714. The minimum Gasteiger partial charge on any atom is -0.464 e. The zero-order chi connectivity index (χ0) is 9.02. The van der Waals surface area contributed by atoms with E-state index in [4.69, 9.17) is 5.11 Å². The third-order valence-corrected chi connectivity index (χ3v) is 1.17. The molecule has 0 heterocycles. The number of carbonyl (C=O) groups is 2. The molecule has 0 aliphatic heterocycles. The van der Waals surface area contributed by atoms with Crippen molar-refractivity contribution < 1.29 is 19.4 Å². The first-order valence-electron chi connectivity index (χ1n) is 2.79. The molecule has 0 radical (unpaired) electrons. The Morgan fingerprint density at radius 1 is 1.27 bits per heavy atom. The van der Waals surface area contributed by atoms with Crippen molar-refractivity contribution in [2.45, 2.75) is 0 Å². The number of carbonyl (C=O) groups excluding carboxylic acids is 1. The molecule has 6 nitrogen and oxygen atoms in total. The van der Waals surface area contributed by atoms with Gasteiger partial charge in [0, 0.05) is 14.1 Å². The molecule has 0 aromatic heterocycles. The van der Waals surface area contributed by atoms with Crippen molar-refractivity contribution in [1.29, 1.82) is 0 Å². The Morgan fingerprint density at radius 2 is 1.73 bits per heavy atom. The molecule has 0 bridgehead atoms. The van der Waals surface area contributed by atoms with Gasteiger partial charge in [0.15, 0.2) is 0 Å². The van der Waals surface area contributed by atoms with Crippen LogP contribution in [0.1, 0.15) is 0 Å². The van der Waals surface area contributed by atoms with Crippen LogP contribution < -0.4 is 0 Å². The van der Waals surface area contributed by atoms with Crippen LogP contribution in [-0.4, -0.2) is 48.5 Å². The van der Waals surface area contributed by atoms with E-state index in [1.165, 1.54) is 21.2 Å². The van der Waals surface area contributed by atoms with Crippen LogP contribution in [0.4, 0.5) is 9.59 Å². The molecule has 0 unspecified atom stereocenters. The quantitative estimate of drug-likeness (QED) is 0.517. The monoisotopic (exact) mass is 162 g/mol. The summed E-state index contributed by atoms with van der Waals surface area (Å²) in [4.78, 5) is 20.9. The minimum atomic E-state index is -1.22. The lowest BCUT2D eigenvalue weighted by Crippen LogP contribution is -2.44. The maximum absolute atomic E-state index is 10.7. The summed E-state index contributed by atoms with van der Waals surface area (Å²) in [6, 6.07) is 0. The standard InChI is InChI=1S/C5H10N2O4/c1-6(4(8)9)7(2)5(10)11-3/h1-3H3,(H,8,9). The lowest BCUT2D eigenvalue weighted by Gasteiger charge is -2.23. The predicted octanol–water partition coefficient (Wildman–Crippen LogP) is 0.209. The van der Waals surface area contributed by atoms with Gasteiger partial charge >= 0.3 is 12.2 Å². The first-order chi connectivity index (χ1) is 5.00. The van der Waals surface area contributed by atoms with Gasteiger partial charge in [0.25, 0.3) is 0 Å². The zero-order valence-corrected chi connectivity index (χ0v) is 6.57. The largest absolute Gasteiger partial charge is 0.464 e. The molecule has 0 atom stereocenters. The van der Waals surface area contributed by atoms with Crippen LogP contribution in [-0.2, 0) is 4.74 Å². The van der Waals surface area contributed by atoms with Gasteiger partial charge in [-0.25, -0.2) is 19.6 Å². The zero-order valence-electron chi connectivity index (χ0n) is 6.57. The molecule has 0 aromatic carbocycles. The molecule has 6 heteroatoms. The lowest BCUT2D eigenvalue weighted by atomic mass is 10.9. The molecule has 0 spiro atoms. The molecular weight excluding hydrogens is 152 g/mol. The number of nitrogens with zero attached hydrogens (tertiary/aromatic N) is 2. The fourth-order valence-corrected chi connectivity index (χ4v) is 0.383. The maximum atomic E-state index is 10.7. The van der Waals surface area contributed by atoms with E-state index in [0.717, 1.165) is 5.01 Å². The second-order valence-corrected chi connectivity index (χ2v) is 1.80. The molecular formula is C5H10N2O4. The first-order valence-corrected chi connectivity index (χ1v) is 2.79. The lowest BCUT2D eigenvalue weighted by molar-refractivity contribution is 0.0274. The molecule has 11 heavy (non-hydrogen) atoms. The Hall–Kier alpha value is -1.46. The van der Waals surface area contributed by atoms with E-state index in [1.54, 1.807) is 0 Å². The Kier molecular flexibility index (Phi) is 3.16. The van der Waals surface area contributed by atoms with Gasteiger partial charge in [-0.2, -0.15) is 0 Å². The van der Waals surface area contributed by atoms with Gasteiger partial charge in [-0.3, -0.25) is 0 Å². The second kappa shape index (κ2) is 3.65. The number of hydrogen-bond donors (Lipinski definition) is 1. The van der Waals surface area contributed by atoms with Gasteiger partial charge in [0.2, 0.25) is 0 Å². The van der Waals surface area contributed by atoms with Gasteiger partial charge in [0.05, 0.1) is 7.11 Å². The smallest absolute Gasteiger partial charge is 0.428 e. The summed E-state index contributed by atoms with van der Waals surface area (Å²) in [6.45, 7) is 0. The topological polar surface area (TPSA) is 70.1 Å². The van der Waals surface area contributed by atoms with E-state index in [1.807, 2.05) is 0 Å².